The van der Waals surface area contributed by atoms with Crippen molar-refractivity contribution in [2.75, 3.05) is 19.6 Å². The van der Waals surface area contributed by atoms with Gasteiger partial charge < -0.3 is 14.5 Å². The predicted molar refractivity (Wildman–Crippen MR) is 152 cm³/mol. The maximum Gasteiger partial charge on any atom is 0.417 e. The number of hydrogen-bond acceptors (Lipinski definition) is 5. The molecule has 228 valence electrons. The Hall–Kier alpha value is -3.14. The normalized spacial score (nSPS) is 26.8. The third kappa shape index (κ3) is 6.00. The number of halogens is 3. The van der Waals surface area contributed by atoms with Crippen LogP contribution in [0.2, 0.25) is 0 Å². The summed E-state index contributed by atoms with van der Waals surface area (Å²) in [7, 11) is 0. The number of hydrogen-bond donors (Lipinski definition) is 0. The molecule has 10 heteroatoms. The van der Waals surface area contributed by atoms with E-state index in [0.717, 1.165) is 30.7 Å². The molecule has 4 atom stereocenters. The standard InChI is InChI=1S/C32H41F3N4O3/c1-21(2)31(29(40)37-13-11-28-25(19-37)14-26(16-36-28)32(33,34)35)12-10-27(15-31)38-17-22(3)39(23(4)18-38)30(41)42-20-24-8-6-5-7-9-24/h5-9,14,16,21-23,27H,10-13,15,17-20H2,1-4H3/t22?,23?,27-,31+/m1/s1. The molecular formula is C32H41F3N4O3. The van der Waals surface area contributed by atoms with Crippen molar-refractivity contribution in [1.29, 1.82) is 0 Å². The van der Waals surface area contributed by atoms with Crippen LogP contribution in [0.3, 0.4) is 0 Å². The molecule has 0 N–H and O–H groups in total. The second kappa shape index (κ2) is 11.9. The molecule has 0 radical (unpaired) electrons. The number of aromatic nitrogens is 1. The SMILES string of the molecule is CC1CN([C@@H]2CC[C@@](C(=O)N3CCc4ncc(C(F)(F)F)cc4C3)(C(C)C)C2)CC(C)N1C(=O)OCc1ccccc1. The van der Waals surface area contributed by atoms with Gasteiger partial charge in [0.2, 0.25) is 5.91 Å². The fourth-order valence-corrected chi connectivity index (χ4v) is 7.21. The van der Waals surface area contributed by atoms with E-state index >= 15 is 0 Å². The van der Waals surface area contributed by atoms with E-state index in [1.165, 1.54) is 0 Å². The highest BCUT2D eigenvalue weighted by atomic mass is 19.4. The Morgan fingerprint density at radius 3 is 2.45 bits per heavy atom. The molecule has 2 aromatic rings. The summed E-state index contributed by atoms with van der Waals surface area (Å²) in [6, 6.07) is 10.9. The number of piperazine rings is 1. The Labute approximate surface area is 246 Å². The van der Waals surface area contributed by atoms with Crippen LogP contribution >= 0.6 is 0 Å². The number of benzene rings is 1. The highest BCUT2D eigenvalue weighted by Gasteiger charge is 2.51. The fourth-order valence-electron chi connectivity index (χ4n) is 7.21. The number of carbonyl (C=O) groups excluding carboxylic acids is 2. The van der Waals surface area contributed by atoms with Crippen LogP contribution in [-0.4, -0.2) is 69.4 Å². The minimum Gasteiger partial charge on any atom is -0.445 e. The van der Waals surface area contributed by atoms with Gasteiger partial charge in [0.1, 0.15) is 6.61 Å². The quantitative estimate of drug-likeness (QED) is 0.436. The molecule has 1 saturated heterocycles. The van der Waals surface area contributed by atoms with Gasteiger partial charge in [0.25, 0.3) is 0 Å². The van der Waals surface area contributed by atoms with Gasteiger partial charge >= 0.3 is 12.3 Å². The first-order valence-electron chi connectivity index (χ1n) is 15.0. The van der Waals surface area contributed by atoms with Crippen LogP contribution in [0.15, 0.2) is 42.6 Å². The number of nitrogens with zero attached hydrogens (tertiary/aromatic N) is 4. The van der Waals surface area contributed by atoms with Crippen LogP contribution in [0.1, 0.15) is 69.3 Å². The molecule has 1 aromatic carbocycles. The molecule has 42 heavy (non-hydrogen) atoms. The molecule has 5 rings (SSSR count). The molecule has 1 saturated carbocycles. The summed E-state index contributed by atoms with van der Waals surface area (Å²) in [5.41, 5.74) is 0.713. The Kier molecular flexibility index (Phi) is 8.56. The minimum absolute atomic E-state index is 0.0345. The summed E-state index contributed by atoms with van der Waals surface area (Å²) >= 11 is 0. The van der Waals surface area contributed by atoms with Crippen LogP contribution in [0.4, 0.5) is 18.0 Å². The van der Waals surface area contributed by atoms with Crippen LogP contribution < -0.4 is 0 Å². The van der Waals surface area contributed by atoms with Gasteiger partial charge in [-0.1, -0.05) is 44.2 Å². The maximum atomic E-state index is 14.1. The molecule has 2 fully saturated rings. The molecular weight excluding hydrogens is 545 g/mol. The second-order valence-electron chi connectivity index (χ2n) is 12.6. The molecule has 2 amide bonds. The molecule has 1 aliphatic carbocycles. The van der Waals surface area contributed by atoms with Crippen molar-refractivity contribution in [1.82, 2.24) is 19.7 Å². The zero-order valence-corrected chi connectivity index (χ0v) is 24.9. The summed E-state index contributed by atoms with van der Waals surface area (Å²) in [6.07, 6.45) is -1.14. The molecule has 2 unspecified atom stereocenters. The van der Waals surface area contributed by atoms with Gasteiger partial charge in [-0.15, -0.1) is 0 Å². The zero-order valence-electron chi connectivity index (χ0n) is 24.9. The van der Waals surface area contributed by atoms with Crippen LogP contribution in [-0.2, 0) is 35.3 Å². The molecule has 1 aromatic heterocycles. The fraction of sp³-hybridized carbons (Fsp3) is 0.594. The molecule has 3 aliphatic rings. The van der Waals surface area contributed by atoms with E-state index in [1.807, 2.05) is 49.1 Å². The van der Waals surface area contributed by atoms with Crippen molar-refractivity contribution in [3.05, 3.63) is 65.0 Å². The first kappa shape index (κ1) is 30.3. The average Bonchev–Trinajstić information content (AvgIpc) is 3.42. The number of carbonyl (C=O) groups is 2. The smallest absolute Gasteiger partial charge is 0.417 e. The van der Waals surface area contributed by atoms with Crippen molar-refractivity contribution in [3.63, 3.8) is 0 Å². The van der Waals surface area contributed by atoms with Crippen LogP contribution in [0.25, 0.3) is 0 Å². The van der Waals surface area contributed by atoms with Crippen LogP contribution in [0.5, 0.6) is 0 Å². The van der Waals surface area contributed by atoms with Gasteiger partial charge in [-0.05, 0) is 56.2 Å². The lowest BCUT2D eigenvalue weighted by molar-refractivity contribution is -0.146. The largest absolute Gasteiger partial charge is 0.445 e. The zero-order chi connectivity index (χ0) is 30.2. The van der Waals surface area contributed by atoms with Gasteiger partial charge in [0.05, 0.1) is 11.0 Å². The Bertz CT molecular complexity index is 1280. The summed E-state index contributed by atoms with van der Waals surface area (Å²) in [6.45, 7) is 10.5. The Morgan fingerprint density at radius 1 is 1.12 bits per heavy atom. The minimum atomic E-state index is -4.47. The van der Waals surface area contributed by atoms with E-state index in [9.17, 15) is 22.8 Å². The number of alkyl halides is 3. The monoisotopic (exact) mass is 586 g/mol. The van der Waals surface area contributed by atoms with Gasteiger partial charge in [-0.3, -0.25) is 14.7 Å². The number of rotatable bonds is 5. The highest BCUT2D eigenvalue weighted by Crippen LogP contribution is 2.48. The topological polar surface area (TPSA) is 66.0 Å². The first-order chi connectivity index (χ1) is 19.9. The van der Waals surface area contributed by atoms with Gasteiger partial charge in [-0.25, -0.2) is 4.79 Å². The van der Waals surface area contributed by atoms with Crippen molar-refractivity contribution in [2.45, 2.75) is 90.8 Å². The van der Waals surface area contributed by atoms with E-state index < -0.39 is 17.2 Å². The third-order valence-corrected chi connectivity index (χ3v) is 9.59. The molecule has 2 aliphatic heterocycles. The van der Waals surface area contributed by atoms with E-state index in [0.29, 0.717) is 43.7 Å². The number of amides is 2. The lowest BCUT2D eigenvalue weighted by Crippen LogP contribution is -2.60. The van der Waals surface area contributed by atoms with E-state index in [4.69, 9.17) is 4.74 Å². The van der Waals surface area contributed by atoms with E-state index in [1.54, 1.807) is 4.90 Å². The summed E-state index contributed by atoms with van der Waals surface area (Å²) in [5.74, 6) is 0.118. The molecule has 7 nitrogen and oxygen atoms in total. The van der Waals surface area contributed by atoms with E-state index in [-0.39, 0.29) is 49.2 Å². The van der Waals surface area contributed by atoms with Crippen molar-refractivity contribution >= 4 is 12.0 Å². The number of fused-ring (bicyclic) bond motifs is 1. The molecule has 0 spiro atoms. The van der Waals surface area contributed by atoms with Crippen LogP contribution in [0, 0.1) is 11.3 Å². The molecule has 3 heterocycles. The number of pyridine rings is 1. The summed E-state index contributed by atoms with van der Waals surface area (Å²) in [4.78, 5) is 37.2. The van der Waals surface area contributed by atoms with Gasteiger partial charge in [0.15, 0.2) is 0 Å². The highest BCUT2D eigenvalue weighted by molar-refractivity contribution is 5.84. The Morgan fingerprint density at radius 2 is 1.81 bits per heavy atom. The lowest BCUT2D eigenvalue weighted by atomic mass is 9.73. The van der Waals surface area contributed by atoms with Crippen molar-refractivity contribution in [3.8, 4) is 0 Å². The lowest BCUT2D eigenvalue weighted by Gasteiger charge is -2.46. The second-order valence-corrected chi connectivity index (χ2v) is 12.6. The average molecular weight is 587 g/mol. The third-order valence-electron chi connectivity index (χ3n) is 9.59. The first-order valence-corrected chi connectivity index (χ1v) is 15.0. The predicted octanol–water partition coefficient (Wildman–Crippen LogP) is 5.91. The summed E-state index contributed by atoms with van der Waals surface area (Å²) < 4.78 is 45.6. The van der Waals surface area contributed by atoms with Crippen molar-refractivity contribution < 1.29 is 27.5 Å². The molecule has 0 bridgehead atoms. The number of ether oxygens (including phenoxy) is 1. The summed E-state index contributed by atoms with van der Waals surface area (Å²) in [5, 5.41) is 0. The van der Waals surface area contributed by atoms with Gasteiger partial charge in [0, 0.05) is 62.6 Å². The van der Waals surface area contributed by atoms with Crippen molar-refractivity contribution in [2.24, 2.45) is 11.3 Å². The Balaban J connectivity index is 1.24. The van der Waals surface area contributed by atoms with Gasteiger partial charge in [-0.2, -0.15) is 13.2 Å². The van der Waals surface area contributed by atoms with E-state index in [2.05, 4.69) is 23.7 Å². The maximum absolute atomic E-state index is 14.1.